The van der Waals surface area contributed by atoms with E-state index in [1.165, 1.54) is 33.8 Å². The van der Waals surface area contributed by atoms with Crippen LogP contribution in [0.2, 0.25) is 0 Å². The van der Waals surface area contributed by atoms with E-state index in [4.69, 9.17) is 0 Å². The Kier molecular flexibility index (Phi) is 3.23. The summed E-state index contributed by atoms with van der Waals surface area (Å²) < 4.78 is 2.27. The Balaban J connectivity index is 1.92. The molecule has 0 saturated carbocycles. The molecule has 3 rings (SSSR count). The molecule has 96 valence electrons. The summed E-state index contributed by atoms with van der Waals surface area (Å²) in [6.07, 6.45) is 1.69. The summed E-state index contributed by atoms with van der Waals surface area (Å²) in [5.41, 5.74) is 0. The van der Waals surface area contributed by atoms with Crippen LogP contribution >= 0.6 is 34.4 Å². The van der Waals surface area contributed by atoms with E-state index in [2.05, 4.69) is 20.5 Å². The molecule has 0 saturated heterocycles. The highest BCUT2D eigenvalue weighted by Crippen LogP contribution is 2.32. The third kappa shape index (κ3) is 2.47. The van der Waals surface area contributed by atoms with E-state index in [1.807, 2.05) is 5.38 Å². The van der Waals surface area contributed by atoms with E-state index in [-0.39, 0.29) is 5.00 Å². The lowest BCUT2D eigenvalue weighted by Gasteiger charge is -1.97. The lowest BCUT2D eigenvalue weighted by molar-refractivity contribution is -0.380. The molecule has 0 bridgehead atoms. The van der Waals surface area contributed by atoms with E-state index < -0.39 is 4.92 Å². The second kappa shape index (κ2) is 5.03. The Morgan fingerprint density at radius 1 is 1.42 bits per heavy atom. The molecular weight excluding hydrogens is 308 g/mol. The molecule has 0 aliphatic rings. The van der Waals surface area contributed by atoms with Gasteiger partial charge < -0.3 is 0 Å². The predicted octanol–water partition coefficient (Wildman–Crippen LogP) is 2.24. The highest BCUT2D eigenvalue weighted by Gasteiger charge is 2.16. The highest BCUT2D eigenvalue weighted by molar-refractivity contribution is 8.00. The fourth-order valence-electron chi connectivity index (χ4n) is 1.25. The first-order chi connectivity index (χ1) is 9.24. The summed E-state index contributed by atoms with van der Waals surface area (Å²) in [6.45, 7) is 0. The van der Waals surface area contributed by atoms with Crippen molar-refractivity contribution in [2.24, 2.45) is 0 Å². The maximum absolute atomic E-state index is 10.7. The first-order valence-electron chi connectivity index (χ1n) is 4.84. The second-order valence-corrected chi connectivity index (χ2v) is 6.29. The van der Waals surface area contributed by atoms with E-state index in [0.717, 1.165) is 15.7 Å². The Morgan fingerprint density at radius 3 is 3.00 bits per heavy atom. The molecule has 0 spiro atoms. The molecule has 0 fully saturated rings. The van der Waals surface area contributed by atoms with Crippen molar-refractivity contribution in [2.75, 3.05) is 0 Å². The van der Waals surface area contributed by atoms with Crippen LogP contribution in [0.5, 0.6) is 0 Å². The zero-order valence-corrected chi connectivity index (χ0v) is 11.5. The van der Waals surface area contributed by atoms with Gasteiger partial charge >= 0.3 is 5.00 Å². The SMILES string of the molecule is O=[N+]([O-])c1ccc(-n2nnnc2Sc2nccs2)s1. The van der Waals surface area contributed by atoms with Crippen molar-refractivity contribution < 1.29 is 4.92 Å². The molecule has 0 radical (unpaired) electrons. The van der Waals surface area contributed by atoms with Crippen LogP contribution in [0.1, 0.15) is 0 Å². The van der Waals surface area contributed by atoms with Crippen LogP contribution in [-0.4, -0.2) is 30.1 Å². The average molecular weight is 312 g/mol. The third-order valence-electron chi connectivity index (χ3n) is 2.00. The minimum Gasteiger partial charge on any atom is -0.258 e. The average Bonchev–Trinajstić information content (AvgIpc) is 3.09. The molecule has 3 aromatic heterocycles. The molecular formula is C8H4N6O2S3. The fraction of sp³-hybridized carbons (Fsp3) is 0. The molecule has 0 N–H and O–H groups in total. The second-order valence-electron chi connectivity index (χ2n) is 3.14. The molecule has 0 unspecified atom stereocenters. The van der Waals surface area contributed by atoms with E-state index in [9.17, 15) is 10.1 Å². The van der Waals surface area contributed by atoms with Crippen molar-refractivity contribution in [3.63, 3.8) is 0 Å². The number of aromatic nitrogens is 5. The lowest BCUT2D eigenvalue weighted by Crippen LogP contribution is -1.95. The molecule has 8 nitrogen and oxygen atoms in total. The Labute approximate surface area is 118 Å². The van der Waals surface area contributed by atoms with Gasteiger partial charge in [0.2, 0.25) is 5.16 Å². The van der Waals surface area contributed by atoms with Gasteiger partial charge in [-0.3, -0.25) is 10.1 Å². The zero-order chi connectivity index (χ0) is 13.2. The minimum absolute atomic E-state index is 0.0516. The van der Waals surface area contributed by atoms with Gasteiger partial charge in [-0.1, -0.05) is 0 Å². The standard InChI is InChI=1S/C8H4N6O2S3/c15-14(16)6-2-1-5(18-6)13-7(10-11-12-13)19-8-9-3-4-17-8/h1-4H. The van der Waals surface area contributed by atoms with E-state index in [1.54, 1.807) is 12.3 Å². The first kappa shape index (κ1) is 12.2. The molecule has 0 aromatic carbocycles. The van der Waals surface area contributed by atoms with Gasteiger partial charge in [-0.15, -0.1) is 16.4 Å². The molecule has 3 heterocycles. The summed E-state index contributed by atoms with van der Waals surface area (Å²) in [5, 5.41) is 25.0. The van der Waals surface area contributed by atoms with Crippen LogP contribution in [0.25, 0.3) is 5.00 Å². The lowest BCUT2D eigenvalue weighted by atomic mass is 10.6. The fourth-order valence-corrected chi connectivity index (χ4v) is 3.59. The Bertz CT molecular complexity index is 706. The largest absolute Gasteiger partial charge is 0.326 e. The number of nitrogens with zero attached hydrogens (tertiary/aromatic N) is 6. The summed E-state index contributed by atoms with van der Waals surface area (Å²) in [7, 11) is 0. The van der Waals surface area contributed by atoms with Gasteiger partial charge in [0.15, 0.2) is 4.34 Å². The van der Waals surface area contributed by atoms with Crippen molar-refractivity contribution in [2.45, 2.75) is 9.50 Å². The van der Waals surface area contributed by atoms with Crippen molar-refractivity contribution >= 4 is 39.4 Å². The Morgan fingerprint density at radius 2 is 2.32 bits per heavy atom. The Hall–Kier alpha value is -1.85. The first-order valence-corrected chi connectivity index (χ1v) is 7.35. The molecule has 3 aromatic rings. The van der Waals surface area contributed by atoms with Gasteiger partial charge in [0.1, 0.15) is 5.00 Å². The van der Waals surface area contributed by atoms with Crippen LogP contribution < -0.4 is 0 Å². The molecule has 0 amide bonds. The number of thiophene rings is 1. The smallest absolute Gasteiger partial charge is 0.258 e. The van der Waals surface area contributed by atoms with Crippen LogP contribution in [0.15, 0.2) is 33.2 Å². The third-order valence-corrected chi connectivity index (χ3v) is 4.83. The number of thiazole rings is 1. The normalized spacial score (nSPS) is 10.7. The van der Waals surface area contributed by atoms with Crippen molar-refractivity contribution in [3.8, 4) is 5.00 Å². The quantitative estimate of drug-likeness (QED) is 0.538. The molecule has 0 aliphatic carbocycles. The van der Waals surface area contributed by atoms with Crippen LogP contribution in [0, 0.1) is 10.1 Å². The highest BCUT2D eigenvalue weighted by atomic mass is 32.2. The summed E-state index contributed by atoms with van der Waals surface area (Å²) in [5.74, 6) is 0. The molecule has 11 heteroatoms. The van der Waals surface area contributed by atoms with Gasteiger partial charge in [-0.05, 0) is 39.6 Å². The predicted molar refractivity (Wildman–Crippen MR) is 69.9 cm³/mol. The van der Waals surface area contributed by atoms with Crippen LogP contribution in [-0.2, 0) is 0 Å². The molecule has 0 aliphatic heterocycles. The van der Waals surface area contributed by atoms with Crippen LogP contribution in [0.4, 0.5) is 5.00 Å². The van der Waals surface area contributed by atoms with E-state index >= 15 is 0 Å². The van der Waals surface area contributed by atoms with Gasteiger partial charge in [0.25, 0.3) is 0 Å². The summed E-state index contributed by atoms with van der Waals surface area (Å²) in [6, 6.07) is 3.05. The monoisotopic (exact) mass is 312 g/mol. The zero-order valence-electron chi connectivity index (χ0n) is 9.03. The number of hydrogen-bond acceptors (Lipinski definition) is 9. The number of tetrazole rings is 1. The van der Waals surface area contributed by atoms with Gasteiger partial charge in [-0.2, -0.15) is 4.68 Å². The number of nitro groups is 1. The van der Waals surface area contributed by atoms with Gasteiger partial charge in [-0.25, -0.2) is 4.98 Å². The summed E-state index contributed by atoms with van der Waals surface area (Å²) in [4.78, 5) is 14.4. The van der Waals surface area contributed by atoms with Crippen molar-refractivity contribution in [1.82, 2.24) is 25.2 Å². The van der Waals surface area contributed by atoms with Crippen molar-refractivity contribution in [3.05, 3.63) is 33.8 Å². The van der Waals surface area contributed by atoms with Gasteiger partial charge in [0, 0.05) is 17.6 Å². The number of rotatable bonds is 4. The minimum atomic E-state index is -0.438. The van der Waals surface area contributed by atoms with E-state index in [0.29, 0.717) is 10.2 Å². The molecule has 0 atom stereocenters. The van der Waals surface area contributed by atoms with Crippen molar-refractivity contribution in [1.29, 1.82) is 0 Å². The maximum Gasteiger partial charge on any atom is 0.326 e. The topological polar surface area (TPSA) is 99.6 Å². The molecule has 19 heavy (non-hydrogen) atoms. The maximum atomic E-state index is 10.7. The van der Waals surface area contributed by atoms with Crippen LogP contribution in [0.3, 0.4) is 0 Å². The number of hydrogen-bond donors (Lipinski definition) is 0. The van der Waals surface area contributed by atoms with Gasteiger partial charge in [0.05, 0.1) is 4.92 Å². The summed E-state index contributed by atoms with van der Waals surface area (Å²) >= 11 is 3.80.